The summed E-state index contributed by atoms with van der Waals surface area (Å²) in [5.74, 6) is 1.09. The van der Waals surface area contributed by atoms with Crippen molar-refractivity contribution in [2.24, 2.45) is 0 Å². The van der Waals surface area contributed by atoms with Gasteiger partial charge in [-0.1, -0.05) is 30.3 Å². The lowest BCUT2D eigenvalue weighted by molar-refractivity contribution is 0.0705. The van der Waals surface area contributed by atoms with E-state index in [-0.39, 0.29) is 5.56 Å². The van der Waals surface area contributed by atoms with Crippen molar-refractivity contribution < 1.29 is 10.0 Å². The number of para-hydroxylation sites is 1. The van der Waals surface area contributed by atoms with Crippen LogP contribution >= 0.6 is 11.3 Å². The number of amides is 1. The summed E-state index contributed by atoms with van der Waals surface area (Å²) in [5, 5.41) is 20.4. The number of benzene rings is 2. The second-order valence-corrected chi connectivity index (χ2v) is 9.66. The first-order valence-electron chi connectivity index (χ1n) is 11.6. The van der Waals surface area contributed by atoms with Gasteiger partial charge in [0.15, 0.2) is 11.6 Å². The molecule has 11 nitrogen and oxygen atoms in total. The van der Waals surface area contributed by atoms with Crippen molar-refractivity contribution in [1.82, 2.24) is 35.6 Å². The van der Waals surface area contributed by atoms with Crippen molar-refractivity contribution >= 4 is 55.8 Å². The molecule has 0 unspecified atom stereocenters. The van der Waals surface area contributed by atoms with Gasteiger partial charge in [-0.15, -0.1) is 11.3 Å². The quantitative estimate of drug-likeness (QED) is 0.175. The van der Waals surface area contributed by atoms with E-state index in [0.717, 1.165) is 37.2 Å². The third-order valence-corrected chi connectivity index (χ3v) is 7.04. The topological polar surface area (TPSA) is 145 Å². The number of aromatic amines is 1. The van der Waals surface area contributed by atoms with Crippen LogP contribution in [0, 0.1) is 0 Å². The molecule has 4 heterocycles. The molecule has 2 aromatic carbocycles. The van der Waals surface area contributed by atoms with Crippen molar-refractivity contribution in [3.8, 4) is 11.4 Å². The fourth-order valence-corrected chi connectivity index (χ4v) is 5.18. The molecular formula is C26H21N9O2S. The molecule has 4 aromatic heterocycles. The normalized spacial score (nSPS) is 11.1. The van der Waals surface area contributed by atoms with Crippen LogP contribution in [0.2, 0.25) is 0 Å². The molecule has 0 aliphatic heterocycles. The van der Waals surface area contributed by atoms with Crippen LogP contribution in [0.4, 0.5) is 17.5 Å². The van der Waals surface area contributed by atoms with E-state index in [1.807, 2.05) is 66.5 Å². The van der Waals surface area contributed by atoms with Gasteiger partial charge in [0.1, 0.15) is 0 Å². The van der Waals surface area contributed by atoms with Crippen molar-refractivity contribution in [1.29, 1.82) is 0 Å². The predicted molar refractivity (Wildman–Crippen MR) is 146 cm³/mol. The summed E-state index contributed by atoms with van der Waals surface area (Å²) in [5.41, 5.74) is 5.29. The number of hydroxylamine groups is 1. The highest BCUT2D eigenvalue weighted by molar-refractivity contribution is 7.19. The Kier molecular flexibility index (Phi) is 6.08. The molecule has 1 amide bonds. The average Bonchev–Trinajstić information content (AvgIpc) is 3.60. The van der Waals surface area contributed by atoms with Crippen LogP contribution in [0.1, 0.15) is 15.2 Å². The van der Waals surface area contributed by atoms with Crippen LogP contribution in [0.15, 0.2) is 73.2 Å². The standard InChI is InChI=1S/C26H21N9O2S/c1-35(26-27-11-15(12-28-26)25(36)34-37)14-17-10-21-22(38-17)24(30-16-6-3-2-4-7-16)32-23(31-21)18-8-5-9-20-19(18)13-29-33-20/h2-13,37H,14H2,1H3,(H,29,33)(H,34,36)(H,30,31,32). The molecule has 0 bridgehead atoms. The number of hydrogen-bond donors (Lipinski definition) is 4. The van der Waals surface area contributed by atoms with Gasteiger partial charge in [0.25, 0.3) is 5.91 Å². The molecule has 0 spiro atoms. The second-order valence-electron chi connectivity index (χ2n) is 8.52. The number of rotatable bonds is 7. The van der Waals surface area contributed by atoms with Crippen LogP contribution in [0.25, 0.3) is 32.5 Å². The van der Waals surface area contributed by atoms with Gasteiger partial charge in [-0.2, -0.15) is 5.10 Å². The van der Waals surface area contributed by atoms with Gasteiger partial charge in [0.2, 0.25) is 5.95 Å². The van der Waals surface area contributed by atoms with Crippen LogP contribution in [0.3, 0.4) is 0 Å². The minimum Gasteiger partial charge on any atom is -0.339 e. The van der Waals surface area contributed by atoms with Gasteiger partial charge >= 0.3 is 0 Å². The van der Waals surface area contributed by atoms with Crippen molar-refractivity contribution in [2.45, 2.75) is 6.54 Å². The van der Waals surface area contributed by atoms with E-state index in [1.165, 1.54) is 12.4 Å². The van der Waals surface area contributed by atoms with E-state index in [4.69, 9.17) is 15.2 Å². The van der Waals surface area contributed by atoms with Gasteiger partial charge in [0.05, 0.1) is 34.0 Å². The molecule has 4 N–H and O–H groups in total. The van der Waals surface area contributed by atoms with E-state index < -0.39 is 5.91 Å². The first-order chi connectivity index (χ1) is 18.6. The molecule has 0 aliphatic carbocycles. The lowest BCUT2D eigenvalue weighted by Crippen LogP contribution is -2.21. The Bertz CT molecular complexity index is 1750. The van der Waals surface area contributed by atoms with Crippen LogP contribution in [-0.4, -0.2) is 48.3 Å². The number of H-pyrrole nitrogens is 1. The van der Waals surface area contributed by atoms with Crippen LogP contribution in [0.5, 0.6) is 0 Å². The zero-order valence-corrected chi connectivity index (χ0v) is 20.9. The minimum absolute atomic E-state index is 0.165. The molecule has 0 radical (unpaired) electrons. The largest absolute Gasteiger partial charge is 0.339 e. The zero-order chi connectivity index (χ0) is 26.1. The molecule has 188 valence electrons. The summed E-state index contributed by atoms with van der Waals surface area (Å²) in [4.78, 5) is 32.8. The Morgan fingerprint density at radius 3 is 2.66 bits per heavy atom. The molecular weight excluding hydrogens is 502 g/mol. The van der Waals surface area contributed by atoms with Crippen LogP contribution in [-0.2, 0) is 6.54 Å². The maximum absolute atomic E-state index is 11.6. The number of nitrogens with zero attached hydrogens (tertiary/aromatic N) is 6. The summed E-state index contributed by atoms with van der Waals surface area (Å²) in [6.07, 6.45) is 4.52. The summed E-state index contributed by atoms with van der Waals surface area (Å²) < 4.78 is 0.927. The highest BCUT2D eigenvalue weighted by atomic mass is 32.1. The Hall–Kier alpha value is -4.94. The summed E-state index contributed by atoms with van der Waals surface area (Å²) in [6.45, 7) is 0.518. The third kappa shape index (κ3) is 4.49. The lowest BCUT2D eigenvalue weighted by atomic mass is 10.1. The number of carbonyl (C=O) groups is 1. The molecule has 38 heavy (non-hydrogen) atoms. The molecule has 6 aromatic rings. The first-order valence-corrected chi connectivity index (χ1v) is 12.4. The number of nitrogens with one attached hydrogen (secondary N) is 3. The van der Waals surface area contributed by atoms with E-state index in [9.17, 15) is 4.79 Å². The Balaban J connectivity index is 1.38. The van der Waals surface area contributed by atoms with E-state index in [0.29, 0.717) is 24.1 Å². The Morgan fingerprint density at radius 2 is 1.87 bits per heavy atom. The average molecular weight is 524 g/mol. The Morgan fingerprint density at radius 1 is 1.05 bits per heavy atom. The maximum Gasteiger partial charge on any atom is 0.277 e. The minimum atomic E-state index is -0.664. The number of carbonyl (C=O) groups excluding carboxylic acids is 1. The third-order valence-electron chi connectivity index (χ3n) is 5.92. The van der Waals surface area contributed by atoms with E-state index in [1.54, 1.807) is 23.0 Å². The second kappa shape index (κ2) is 9.84. The van der Waals surface area contributed by atoms with Gasteiger partial charge in [-0.25, -0.2) is 25.4 Å². The summed E-state index contributed by atoms with van der Waals surface area (Å²) >= 11 is 1.59. The molecule has 0 atom stereocenters. The number of thiophene rings is 1. The number of hydrogen-bond acceptors (Lipinski definition) is 10. The lowest BCUT2D eigenvalue weighted by Gasteiger charge is -2.15. The predicted octanol–water partition coefficient (Wildman–Crippen LogP) is 4.52. The fraction of sp³-hybridized carbons (Fsp3) is 0.0769. The summed E-state index contributed by atoms with van der Waals surface area (Å²) in [7, 11) is 1.87. The van der Waals surface area contributed by atoms with Crippen molar-refractivity contribution in [3.05, 3.63) is 83.6 Å². The first kappa shape index (κ1) is 23.5. The smallest absolute Gasteiger partial charge is 0.277 e. The molecule has 0 saturated carbocycles. The summed E-state index contributed by atoms with van der Waals surface area (Å²) in [6, 6.07) is 17.8. The monoisotopic (exact) mass is 523 g/mol. The zero-order valence-electron chi connectivity index (χ0n) is 20.1. The molecule has 6 rings (SSSR count). The van der Waals surface area contributed by atoms with E-state index >= 15 is 0 Å². The van der Waals surface area contributed by atoms with Gasteiger partial charge in [0, 0.05) is 41.0 Å². The van der Waals surface area contributed by atoms with Crippen LogP contribution < -0.4 is 15.7 Å². The maximum atomic E-state index is 11.6. The highest BCUT2D eigenvalue weighted by Gasteiger charge is 2.17. The van der Waals surface area contributed by atoms with Gasteiger partial charge in [-0.3, -0.25) is 15.1 Å². The van der Waals surface area contributed by atoms with Crippen molar-refractivity contribution in [2.75, 3.05) is 17.3 Å². The molecule has 0 fully saturated rings. The number of aromatic nitrogens is 6. The SMILES string of the molecule is CN(Cc1cc2nc(-c3cccc4[nH]ncc34)nc(Nc3ccccc3)c2s1)c1ncc(C(=O)NO)cn1. The molecule has 0 saturated heterocycles. The Labute approximate surface area is 220 Å². The van der Waals surface area contributed by atoms with Gasteiger partial charge < -0.3 is 10.2 Å². The highest BCUT2D eigenvalue weighted by Crippen LogP contribution is 2.35. The van der Waals surface area contributed by atoms with Crippen molar-refractivity contribution in [3.63, 3.8) is 0 Å². The number of fused-ring (bicyclic) bond motifs is 2. The van der Waals surface area contributed by atoms with Gasteiger partial charge in [-0.05, 0) is 24.3 Å². The number of anilines is 3. The van der Waals surface area contributed by atoms with E-state index in [2.05, 4.69) is 25.5 Å². The molecule has 12 heteroatoms. The fourth-order valence-electron chi connectivity index (χ4n) is 4.09. The molecule has 0 aliphatic rings.